The first kappa shape index (κ1) is 12.5. The third kappa shape index (κ3) is 2.65. The first-order valence-electron chi connectivity index (χ1n) is 5.48. The standard InChI is InChI=1S/C12H15N5S/c1-8-3-4-10(11(13)14)12(16-8)17(2)5-9-6-18-7-15-9/h3-4,6-7H,5H2,1-2H3,(H3,13,14). The van der Waals surface area contributed by atoms with Crippen LogP contribution in [-0.4, -0.2) is 22.9 Å². The zero-order chi connectivity index (χ0) is 13.1. The van der Waals surface area contributed by atoms with Gasteiger partial charge in [-0.15, -0.1) is 11.3 Å². The smallest absolute Gasteiger partial charge is 0.139 e. The van der Waals surface area contributed by atoms with E-state index in [0.29, 0.717) is 12.1 Å². The van der Waals surface area contributed by atoms with Crippen LogP contribution in [0.1, 0.15) is 17.0 Å². The molecule has 0 spiro atoms. The highest BCUT2D eigenvalue weighted by atomic mass is 32.1. The molecule has 0 radical (unpaired) electrons. The molecule has 6 heteroatoms. The average molecular weight is 261 g/mol. The number of nitrogens with zero attached hydrogens (tertiary/aromatic N) is 3. The Labute approximate surface area is 110 Å². The Morgan fingerprint density at radius 3 is 2.89 bits per heavy atom. The average Bonchev–Trinajstić information content (AvgIpc) is 2.81. The lowest BCUT2D eigenvalue weighted by atomic mass is 10.2. The number of aromatic nitrogens is 2. The summed E-state index contributed by atoms with van der Waals surface area (Å²) < 4.78 is 0. The highest BCUT2D eigenvalue weighted by molar-refractivity contribution is 7.07. The van der Waals surface area contributed by atoms with Gasteiger partial charge in [0.05, 0.1) is 23.3 Å². The monoisotopic (exact) mass is 261 g/mol. The van der Waals surface area contributed by atoms with Crippen LogP contribution >= 0.6 is 11.3 Å². The molecule has 0 aliphatic rings. The Balaban J connectivity index is 2.31. The van der Waals surface area contributed by atoms with Gasteiger partial charge in [0.25, 0.3) is 0 Å². The van der Waals surface area contributed by atoms with Crippen molar-refractivity contribution < 1.29 is 0 Å². The van der Waals surface area contributed by atoms with Gasteiger partial charge < -0.3 is 10.6 Å². The van der Waals surface area contributed by atoms with Crippen molar-refractivity contribution in [3.05, 3.63) is 40.0 Å². The molecule has 0 fully saturated rings. The van der Waals surface area contributed by atoms with Crippen LogP contribution in [-0.2, 0) is 6.54 Å². The Morgan fingerprint density at radius 1 is 1.50 bits per heavy atom. The van der Waals surface area contributed by atoms with Crippen molar-refractivity contribution in [2.45, 2.75) is 13.5 Å². The highest BCUT2D eigenvalue weighted by Gasteiger charge is 2.12. The SMILES string of the molecule is Cc1ccc(C(=N)N)c(N(C)Cc2cscn2)n1. The fraction of sp³-hybridized carbons (Fsp3) is 0.250. The van der Waals surface area contributed by atoms with Crippen LogP contribution in [0.4, 0.5) is 5.82 Å². The van der Waals surface area contributed by atoms with Gasteiger partial charge in [-0.2, -0.15) is 0 Å². The minimum absolute atomic E-state index is 0.0302. The zero-order valence-corrected chi connectivity index (χ0v) is 11.2. The molecule has 2 aromatic rings. The Hall–Kier alpha value is -1.95. The molecule has 0 aliphatic carbocycles. The van der Waals surface area contributed by atoms with Crippen molar-refractivity contribution in [1.82, 2.24) is 9.97 Å². The number of pyridine rings is 1. The second-order valence-corrected chi connectivity index (χ2v) is 4.79. The molecule has 0 bridgehead atoms. The van der Waals surface area contributed by atoms with Crippen LogP contribution in [0, 0.1) is 12.3 Å². The van der Waals surface area contributed by atoms with Crippen LogP contribution in [0.2, 0.25) is 0 Å². The molecule has 0 saturated heterocycles. The molecular weight excluding hydrogens is 246 g/mol. The minimum Gasteiger partial charge on any atom is -0.384 e. The second-order valence-electron chi connectivity index (χ2n) is 4.07. The first-order chi connectivity index (χ1) is 8.58. The fourth-order valence-corrected chi connectivity index (χ4v) is 2.23. The zero-order valence-electron chi connectivity index (χ0n) is 10.3. The number of nitrogens with two attached hydrogens (primary N) is 1. The molecule has 2 heterocycles. The van der Waals surface area contributed by atoms with Gasteiger partial charge in [-0.05, 0) is 19.1 Å². The summed E-state index contributed by atoms with van der Waals surface area (Å²) in [6.45, 7) is 2.57. The summed E-state index contributed by atoms with van der Waals surface area (Å²) in [5.74, 6) is 0.748. The molecule has 0 unspecified atom stereocenters. The Kier molecular flexibility index (Phi) is 3.57. The molecule has 3 N–H and O–H groups in total. The number of anilines is 1. The third-order valence-electron chi connectivity index (χ3n) is 2.55. The molecule has 94 valence electrons. The predicted molar refractivity (Wildman–Crippen MR) is 74.2 cm³/mol. The van der Waals surface area contributed by atoms with E-state index in [1.165, 1.54) is 0 Å². The topological polar surface area (TPSA) is 78.9 Å². The lowest BCUT2D eigenvalue weighted by molar-refractivity contribution is 0.867. The molecule has 0 aromatic carbocycles. The van der Waals surface area contributed by atoms with Crippen LogP contribution < -0.4 is 10.6 Å². The third-order valence-corrected chi connectivity index (χ3v) is 3.18. The van der Waals surface area contributed by atoms with E-state index in [1.807, 2.05) is 36.4 Å². The van der Waals surface area contributed by atoms with Crippen molar-refractivity contribution in [3.63, 3.8) is 0 Å². The largest absolute Gasteiger partial charge is 0.384 e. The van der Waals surface area contributed by atoms with Gasteiger partial charge >= 0.3 is 0 Å². The van der Waals surface area contributed by atoms with Crippen LogP contribution in [0.15, 0.2) is 23.0 Å². The second kappa shape index (κ2) is 5.14. The number of nitrogen functional groups attached to an aromatic ring is 1. The summed E-state index contributed by atoms with van der Waals surface area (Å²) in [7, 11) is 1.92. The van der Waals surface area contributed by atoms with E-state index in [2.05, 4.69) is 9.97 Å². The molecule has 18 heavy (non-hydrogen) atoms. The number of hydrogen-bond acceptors (Lipinski definition) is 5. The number of rotatable bonds is 4. The highest BCUT2D eigenvalue weighted by Crippen LogP contribution is 2.19. The maximum Gasteiger partial charge on any atom is 0.139 e. The normalized spacial score (nSPS) is 10.3. The van der Waals surface area contributed by atoms with E-state index >= 15 is 0 Å². The summed E-state index contributed by atoms with van der Waals surface area (Å²) in [5.41, 5.74) is 9.92. The molecule has 0 amide bonds. The maximum atomic E-state index is 7.59. The molecule has 2 aromatic heterocycles. The van der Waals surface area contributed by atoms with Gasteiger partial charge in [0.2, 0.25) is 0 Å². The van der Waals surface area contributed by atoms with E-state index in [-0.39, 0.29) is 5.84 Å². The number of amidine groups is 1. The number of aryl methyl sites for hydroxylation is 1. The quantitative estimate of drug-likeness (QED) is 0.649. The van der Waals surface area contributed by atoms with E-state index in [1.54, 1.807) is 16.8 Å². The number of hydrogen-bond donors (Lipinski definition) is 2. The summed E-state index contributed by atoms with van der Waals surface area (Å²) >= 11 is 1.57. The van der Waals surface area contributed by atoms with Gasteiger partial charge in [0, 0.05) is 18.1 Å². The maximum absolute atomic E-state index is 7.59. The molecule has 0 aliphatic heterocycles. The van der Waals surface area contributed by atoms with E-state index in [4.69, 9.17) is 11.1 Å². The number of nitrogens with one attached hydrogen (secondary N) is 1. The first-order valence-corrected chi connectivity index (χ1v) is 6.42. The predicted octanol–water partition coefficient (Wildman–Crippen LogP) is 1.77. The molecule has 2 rings (SSSR count). The molecular formula is C12H15N5S. The summed E-state index contributed by atoms with van der Waals surface area (Å²) in [6.07, 6.45) is 0. The lowest BCUT2D eigenvalue weighted by Crippen LogP contribution is -2.23. The van der Waals surface area contributed by atoms with Crippen molar-refractivity contribution in [2.75, 3.05) is 11.9 Å². The van der Waals surface area contributed by atoms with Crippen LogP contribution in [0.5, 0.6) is 0 Å². The Morgan fingerprint density at radius 2 is 2.28 bits per heavy atom. The van der Waals surface area contributed by atoms with Crippen LogP contribution in [0.25, 0.3) is 0 Å². The van der Waals surface area contributed by atoms with E-state index in [9.17, 15) is 0 Å². The van der Waals surface area contributed by atoms with Crippen molar-refractivity contribution in [2.24, 2.45) is 5.73 Å². The minimum atomic E-state index is 0.0302. The molecule has 0 saturated carbocycles. The van der Waals surface area contributed by atoms with Gasteiger partial charge in [-0.25, -0.2) is 9.97 Å². The Bertz CT molecular complexity index is 550. The van der Waals surface area contributed by atoms with Crippen molar-refractivity contribution >= 4 is 23.0 Å². The number of thiazole rings is 1. The van der Waals surface area contributed by atoms with Gasteiger partial charge in [0.15, 0.2) is 0 Å². The van der Waals surface area contributed by atoms with Crippen molar-refractivity contribution in [3.8, 4) is 0 Å². The fourth-order valence-electron chi connectivity index (χ4n) is 1.68. The van der Waals surface area contributed by atoms with Gasteiger partial charge in [-0.3, -0.25) is 5.41 Å². The summed E-state index contributed by atoms with van der Waals surface area (Å²) in [5, 5.41) is 9.59. The molecule has 5 nitrogen and oxygen atoms in total. The van der Waals surface area contributed by atoms with Gasteiger partial charge in [0.1, 0.15) is 11.7 Å². The lowest BCUT2D eigenvalue weighted by Gasteiger charge is -2.20. The van der Waals surface area contributed by atoms with E-state index in [0.717, 1.165) is 17.2 Å². The summed E-state index contributed by atoms with van der Waals surface area (Å²) in [6, 6.07) is 3.69. The van der Waals surface area contributed by atoms with Crippen LogP contribution in [0.3, 0.4) is 0 Å². The molecule has 0 atom stereocenters. The van der Waals surface area contributed by atoms with Crippen molar-refractivity contribution in [1.29, 1.82) is 5.41 Å². The van der Waals surface area contributed by atoms with Gasteiger partial charge in [-0.1, -0.05) is 0 Å². The summed E-state index contributed by atoms with van der Waals surface area (Å²) in [4.78, 5) is 10.7. The van der Waals surface area contributed by atoms with E-state index < -0.39 is 0 Å².